The molecular formula is C26H26BFN6O9. The molecule has 0 radical (unpaired) electrons. The van der Waals surface area contributed by atoms with Crippen molar-refractivity contribution in [2.24, 2.45) is 0 Å². The van der Waals surface area contributed by atoms with Crippen molar-refractivity contribution < 1.29 is 47.9 Å². The van der Waals surface area contributed by atoms with Crippen LogP contribution in [0.3, 0.4) is 0 Å². The van der Waals surface area contributed by atoms with Crippen LogP contribution < -0.4 is 20.6 Å². The predicted molar refractivity (Wildman–Crippen MR) is 146 cm³/mol. The highest BCUT2D eigenvalue weighted by Crippen LogP contribution is 2.30. The van der Waals surface area contributed by atoms with Crippen molar-refractivity contribution >= 4 is 48.4 Å². The summed E-state index contributed by atoms with van der Waals surface area (Å²) in [5.74, 6) is -7.52. The minimum absolute atomic E-state index is 0.0407. The highest BCUT2D eigenvalue weighted by molar-refractivity contribution is 6.47. The number of urea groups is 1. The third-order valence-corrected chi connectivity index (χ3v) is 6.74. The Morgan fingerprint density at radius 1 is 1.26 bits per heavy atom. The van der Waals surface area contributed by atoms with E-state index < -0.39 is 66.2 Å². The second kappa shape index (κ2) is 12.7. The summed E-state index contributed by atoms with van der Waals surface area (Å²) in [6.45, 7) is 5.02. The summed E-state index contributed by atoms with van der Waals surface area (Å²) in [4.78, 5) is 80.3. The number of pyridine rings is 1. The number of hydrogen-bond acceptors (Lipinski definition) is 9. The Kier molecular flexibility index (Phi) is 9.04. The molecule has 2 atom stereocenters. The van der Waals surface area contributed by atoms with Crippen LogP contribution in [0.1, 0.15) is 34.6 Å². The Morgan fingerprint density at radius 2 is 2.00 bits per heavy atom. The number of amides is 6. The van der Waals surface area contributed by atoms with Crippen LogP contribution >= 0.6 is 0 Å². The van der Waals surface area contributed by atoms with Crippen molar-refractivity contribution in [1.29, 1.82) is 0 Å². The topological polar surface area (TPSA) is 208 Å². The van der Waals surface area contributed by atoms with Crippen LogP contribution in [0.5, 0.6) is 5.75 Å². The molecular weight excluding hydrogens is 570 g/mol. The molecule has 4 rings (SSSR count). The van der Waals surface area contributed by atoms with Crippen LogP contribution in [0.15, 0.2) is 43.1 Å². The Hall–Kier alpha value is -5.32. The van der Waals surface area contributed by atoms with E-state index in [1.54, 1.807) is 6.92 Å². The maximum atomic E-state index is 15.3. The molecule has 224 valence electrons. The number of aromatic carboxylic acids is 1. The van der Waals surface area contributed by atoms with Crippen molar-refractivity contribution in [3.05, 3.63) is 65.8 Å². The van der Waals surface area contributed by atoms with E-state index in [-0.39, 0.29) is 43.1 Å². The van der Waals surface area contributed by atoms with Gasteiger partial charge in [-0.15, -0.1) is 0 Å². The van der Waals surface area contributed by atoms with Crippen molar-refractivity contribution in [3.63, 3.8) is 0 Å². The van der Waals surface area contributed by atoms with Gasteiger partial charge in [-0.1, -0.05) is 18.7 Å². The Morgan fingerprint density at radius 3 is 2.65 bits per heavy atom. The average Bonchev–Trinajstić information content (AvgIpc) is 2.97. The Labute approximate surface area is 243 Å². The molecule has 15 nitrogen and oxygen atoms in total. The number of nitrogens with zero attached hydrogens (tertiary/aromatic N) is 3. The zero-order valence-electron chi connectivity index (χ0n) is 22.7. The lowest BCUT2D eigenvalue weighted by atomic mass is 9.72. The molecule has 1 fully saturated rings. The molecule has 6 amide bonds. The Balaban J connectivity index is 1.61. The van der Waals surface area contributed by atoms with Gasteiger partial charge in [0.05, 0.1) is 23.4 Å². The summed E-state index contributed by atoms with van der Waals surface area (Å²) in [5.41, 5.74) is -0.562. The van der Waals surface area contributed by atoms with Gasteiger partial charge < -0.3 is 35.6 Å². The van der Waals surface area contributed by atoms with Gasteiger partial charge in [0.15, 0.2) is 6.04 Å². The molecule has 1 saturated heterocycles. The number of carboxylic acids is 1. The summed E-state index contributed by atoms with van der Waals surface area (Å²) in [5, 5.41) is 26.9. The number of carbonyl (C=O) groups excluding carboxylic acids is 5. The molecule has 0 aliphatic carbocycles. The van der Waals surface area contributed by atoms with E-state index in [1.807, 2.05) is 0 Å². The molecule has 0 spiro atoms. The van der Waals surface area contributed by atoms with E-state index in [0.29, 0.717) is 10.5 Å². The molecule has 1 aromatic carbocycles. The quantitative estimate of drug-likeness (QED) is 0.152. The van der Waals surface area contributed by atoms with Crippen LogP contribution in [-0.4, -0.2) is 93.2 Å². The van der Waals surface area contributed by atoms with Gasteiger partial charge in [-0.05, 0) is 31.1 Å². The molecule has 43 heavy (non-hydrogen) atoms. The van der Waals surface area contributed by atoms with Gasteiger partial charge >= 0.3 is 30.9 Å². The van der Waals surface area contributed by atoms with Gasteiger partial charge in [-0.25, -0.2) is 14.0 Å². The summed E-state index contributed by atoms with van der Waals surface area (Å²) in [6, 6.07) is 2.02. The van der Waals surface area contributed by atoms with Crippen LogP contribution in [0.2, 0.25) is 0 Å². The van der Waals surface area contributed by atoms with Gasteiger partial charge in [0, 0.05) is 25.7 Å². The second-order valence-electron chi connectivity index (χ2n) is 9.44. The number of rotatable bonds is 8. The first-order valence-electron chi connectivity index (χ1n) is 13.0. The zero-order chi connectivity index (χ0) is 31.4. The number of imide groups is 1. The molecule has 3 heterocycles. The van der Waals surface area contributed by atoms with Crippen molar-refractivity contribution in [2.45, 2.75) is 25.3 Å². The standard InChI is InChI=1S/C26H26BFN6O9/c1-3-18(35)30-14-11-16(28)19(29-12-14)20(32-26(41)34-9-8-33(4-2)23(37)24(34)38)22(36)31-17-10-13-6-5-7-15(25(39)40)21(13)43-27(17)42/h3,5-7,11-12,17,20,42H,1,4,8-10H2,2H3,(H,30,35)(H,31,36)(H,32,41)(H,39,40)/t17-,20?/m0/s1. The Bertz CT molecular complexity index is 1520. The van der Waals surface area contributed by atoms with Gasteiger partial charge in [-0.2, -0.15) is 0 Å². The molecule has 1 aromatic heterocycles. The van der Waals surface area contributed by atoms with E-state index >= 15 is 4.39 Å². The average molecular weight is 596 g/mol. The number of anilines is 1. The van der Waals surface area contributed by atoms with Gasteiger partial charge in [0.1, 0.15) is 17.3 Å². The van der Waals surface area contributed by atoms with Crippen molar-refractivity contribution in [1.82, 2.24) is 25.4 Å². The number of nitrogens with one attached hydrogen (secondary N) is 3. The number of hydrogen-bond donors (Lipinski definition) is 5. The first-order chi connectivity index (χ1) is 20.4. The van der Waals surface area contributed by atoms with E-state index in [2.05, 4.69) is 27.5 Å². The fourth-order valence-corrected chi connectivity index (χ4v) is 4.53. The molecule has 0 bridgehead atoms. The van der Waals surface area contributed by atoms with Crippen LogP contribution in [-0.2, 0) is 25.6 Å². The van der Waals surface area contributed by atoms with E-state index in [1.165, 1.54) is 23.1 Å². The number of carbonyl (C=O) groups is 6. The fraction of sp³-hybridized carbons (Fsp3) is 0.269. The maximum absolute atomic E-state index is 15.3. The van der Waals surface area contributed by atoms with Gasteiger partial charge in [0.2, 0.25) is 11.8 Å². The predicted octanol–water partition coefficient (Wildman–Crippen LogP) is -0.376. The van der Waals surface area contributed by atoms with Crippen molar-refractivity contribution in [3.8, 4) is 5.75 Å². The van der Waals surface area contributed by atoms with Gasteiger partial charge in [0.25, 0.3) is 0 Å². The maximum Gasteiger partial charge on any atom is 0.547 e. The summed E-state index contributed by atoms with van der Waals surface area (Å²) < 4.78 is 20.6. The normalized spacial score (nSPS) is 16.9. The lowest BCUT2D eigenvalue weighted by Crippen LogP contribution is -2.60. The third-order valence-electron chi connectivity index (χ3n) is 6.74. The SMILES string of the molecule is C=CC(=O)Nc1cnc(C(NC(=O)N2CCN(CC)C(=O)C2=O)C(=O)N[C@H]2Cc3cccc(C(=O)O)c3OB2O)c(F)c1. The number of aromatic nitrogens is 1. The summed E-state index contributed by atoms with van der Waals surface area (Å²) in [7, 11) is -1.73. The van der Waals surface area contributed by atoms with Crippen LogP contribution in [0.25, 0.3) is 0 Å². The lowest BCUT2D eigenvalue weighted by Gasteiger charge is -2.33. The molecule has 2 aliphatic rings. The number of para-hydroxylation sites is 1. The fourth-order valence-electron chi connectivity index (χ4n) is 4.53. The van der Waals surface area contributed by atoms with Crippen LogP contribution in [0.4, 0.5) is 14.9 Å². The number of halogens is 1. The highest BCUT2D eigenvalue weighted by Gasteiger charge is 2.41. The second-order valence-corrected chi connectivity index (χ2v) is 9.44. The number of likely N-dealkylation sites (N-methyl/N-ethyl adjacent to an activating group) is 1. The smallest absolute Gasteiger partial charge is 0.534 e. The summed E-state index contributed by atoms with van der Waals surface area (Å²) in [6.07, 6.45) is 1.86. The molecule has 0 saturated carbocycles. The largest absolute Gasteiger partial charge is 0.547 e. The molecule has 2 aliphatic heterocycles. The molecule has 1 unspecified atom stereocenters. The molecule has 17 heteroatoms. The molecule has 2 aromatic rings. The van der Waals surface area contributed by atoms with E-state index in [9.17, 15) is 38.9 Å². The minimum Gasteiger partial charge on any atom is -0.534 e. The lowest BCUT2D eigenvalue weighted by molar-refractivity contribution is -0.153. The van der Waals surface area contributed by atoms with Crippen molar-refractivity contribution in [2.75, 3.05) is 25.0 Å². The van der Waals surface area contributed by atoms with Gasteiger partial charge in [-0.3, -0.25) is 29.1 Å². The van der Waals surface area contributed by atoms with E-state index in [4.69, 9.17) is 4.65 Å². The monoisotopic (exact) mass is 596 g/mol. The van der Waals surface area contributed by atoms with E-state index in [0.717, 1.165) is 18.3 Å². The minimum atomic E-state index is -1.90. The number of carboxylic acid groups (broad SMARTS) is 1. The number of benzene rings is 1. The third kappa shape index (κ3) is 6.46. The number of fused-ring (bicyclic) bond motifs is 1. The summed E-state index contributed by atoms with van der Waals surface area (Å²) >= 11 is 0. The first kappa shape index (κ1) is 30.6. The number of piperazine rings is 1. The van der Waals surface area contributed by atoms with Crippen LogP contribution in [0, 0.1) is 5.82 Å². The zero-order valence-corrected chi connectivity index (χ0v) is 22.7. The highest BCUT2D eigenvalue weighted by atomic mass is 19.1. The first-order valence-corrected chi connectivity index (χ1v) is 13.0. The molecule has 5 N–H and O–H groups in total.